The molecule has 0 bridgehead atoms. The van der Waals surface area contributed by atoms with Crippen LogP contribution in [0.3, 0.4) is 0 Å². The Morgan fingerprint density at radius 1 is 1.04 bits per heavy atom. The number of carbonyl (C=O) groups excluding carboxylic acids is 1. The van der Waals surface area contributed by atoms with Crippen LogP contribution in [0.2, 0.25) is 5.15 Å². The maximum Gasteiger partial charge on any atom is 0.407 e. The van der Waals surface area contributed by atoms with Crippen LogP contribution in [0.15, 0.2) is 72.9 Å². The normalized spacial score (nSPS) is 12.6. The van der Waals surface area contributed by atoms with Gasteiger partial charge in [-0.3, -0.25) is 0 Å². The van der Waals surface area contributed by atoms with Crippen molar-refractivity contribution in [1.29, 1.82) is 0 Å². The van der Waals surface area contributed by atoms with E-state index in [1.165, 1.54) is 22.3 Å². The van der Waals surface area contributed by atoms with Gasteiger partial charge in [-0.1, -0.05) is 78.4 Å². The summed E-state index contributed by atoms with van der Waals surface area (Å²) in [4.78, 5) is 16.1. The summed E-state index contributed by atoms with van der Waals surface area (Å²) >= 11 is 6.00. The number of alkyl carbamates (subject to hydrolysis) is 1. The third kappa shape index (κ3) is 3.78. The SMILES string of the molecule is O=C(NCC=Cc1cccnc1Cl)OCC1c2ccccc2-c2ccccc21. The number of nitrogens with one attached hydrogen (secondary N) is 1. The number of nitrogens with zero attached hydrogens (tertiary/aromatic N) is 1. The number of benzene rings is 2. The maximum atomic E-state index is 12.1. The summed E-state index contributed by atoms with van der Waals surface area (Å²) < 4.78 is 5.49. The first-order valence-electron chi connectivity index (χ1n) is 9.10. The molecule has 2 aromatic carbocycles. The van der Waals surface area contributed by atoms with Gasteiger partial charge < -0.3 is 10.1 Å². The van der Waals surface area contributed by atoms with Gasteiger partial charge in [0.1, 0.15) is 11.8 Å². The molecule has 1 aliphatic carbocycles. The Labute approximate surface area is 168 Å². The molecule has 1 N–H and O–H groups in total. The summed E-state index contributed by atoms with van der Waals surface area (Å²) in [7, 11) is 0. The average molecular weight is 391 g/mol. The van der Waals surface area contributed by atoms with Gasteiger partial charge in [-0.05, 0) is 28.3 Å². The van der Waals surface area contributed by atoms with E-state index in [1.54, 1.807) is 6.20 Å². The molecule has 0 fully saturated rings. The topological polar surface area (TPSA) is 51.2 Å². The van der Waals surface area contributed by atoms with E-state index in [1.807, 2.05) is 48.6 Å². The lowest BCUT2D eigenvalue weighted by Crippen LogP contribution is -2.26. The van der Waals surface area contributed by atoms with Crippen molar-refractivity contribution in [1.82, 2.24) is 10.3 Å². The second-order valence-corrected chi connectivity index (χ2v) is 6.85. The highest BCUT2D eigenvalue weighted by atomic mass is 35.5. The lowest BCUT2D eigenvalue weighted by atomic mass is 9.98. The fraction of sp³-hybridized carbons (Fsp3) is 0.130. The zero-order valence-electron chi connectivity index (χ0n) is 15.1. The molecule has 1 aliphatic rings. The van der Waals surface area contributed by atoms with E-state index in [0.717, 1.165) is 5.56 Å². The number of carbonyl (C=O) groups is 1. The van der Waals surface area contributed by atoms with Gasteiger partial charge in [-0.25, -0.2) is 9.78 Å². The number of pyridine rings is 1. The van der Waals surface area contributed by atoms with Gasteiger partial charge in [0.25, 0.3) is 0 Å². The Morgan fingerprint density at radius 2 is 1.71 bits per heavy atom. The van der Waals surface area contributed by atoms with E-state index in [2.05, 4.69) is 34.6 Å². The number of ether oxygens (including phenoxy) is 1. The number of fused-ring (bicyclic) bond motifs is 3. The van der Waals surface area contributed by atoms with Crippen LogP contribution in [0, 0.1) is 0 Å². The Kier molecular flexibility index (Phi) is 5.40. The number of hydrogen-bond donors (Lipinski definition) is 1. The molecule has 140 valence electrons. The molecule has 1 heterocycles. The highest BCUT2D eigenvalue weighted by molar-refractivity contribution is 6.30. The minimum Gasteiger partial charge on any atom is -0.449 e. The molecule has 1 aromatic heterocycles. The number of aromatic nitrogens is 1. The first kappa shape index (κ1) is 18.3. The fourth-order valence-corrected chi connectivity index (χ4v) is 3.68. The minimum atomic E-state index is -0.441. The molecule has 0 unspecified atom stereocenters. The zero-order chi connectivity index (χ0) is 19.3. The van der Waals surface area contributed by atoms with Crippen molar-refractivity contribution in [2.75, 3.05) is 13.2 Å². The van der Waals surface area contributed by atoms with Crippen LogP contribution in [0.4, 0.5) is 4.79 Å². The summed E-state index contributed by atoms with van der Waals surface area (Å²) in [6.07, 6.45) is 4.82. The van der Waals surface area contributed by atoms with Gasteiger partial charge >= 0.3 is 6.09 Å². The van der Waals surface area contributed by atoms with Crippen molar-refractivity contribution in [2.45, 2.75) is 5.92 Å². The molecule has 0 atom stereocenters. The van der Waals surface area contributed by atoms with Crippen LogP contribution in [0.5, 0.6) is 0 Å². The third-order valence-electron chi connectivity index (χ3n) is 4.79. The van der Waals surface area contributed by atoms with Crippen LogP contribution >= 0.6 is 11.6 Å². The van der Waals surface area contributed by atoms with Crippen LogP contribution in [-0.2, 0) is 4.74 Å². The first-order chi connectivity index (χ1) is 13.7. The quantitative estimate of drug-likeness (QED) is 0.602. The van der Waals surface area contributed by atoms with Crippen molar-refractivity contribution in [3.63, 3.8) is 0 Å². The van der Waals surface area contributed by atoms with Crippen molar-refractivity contribution in [2.24, 2.45) is 0 Å². The van der Waals surface area contributed by atoms with Crippen molar-refractivity contribution in [3.8, 4) is 11.1 Å². The summed E-state index contributed by atoms with van der Waals surface area (Å²) in [6.45, 7) is 0.653. The standard InChI is InChI=1S/C23H19ClN2O2/c24-22-16(7-5-13-25-22)8-6-14-26-23(27)28-15-21-19-11-3-1-9-17(19)18-10-2-4-12-20(18)21/h1-13,21H,14-15H2,(H,26,27). The average Bonchev–Trinajstić information content (AvgIpc) is 3.05. The fourth-order valence-electron chi connectivity index (χ4n) is 3.50. The predicted molar refractivity (Wildman–Crippen MR) is 111 cm³/mol. The lowest BCUT2D eigenvalue weighted by molar-refractivity contribution is 0.144. The minimum absolute atomic E-state index is 0.0582. The molecular weight excluding hydrogens is 372 g/mol. The third-order valence-corrected chi connectivity index (χ3v) is 5.11. The second-order valence-electron chi connectivity index (χ2n) is 6.49. The largest absolute Gasteiger partial charge is 0.449 e. The highest BCUT2D eigenvalue weighted by Gasteiger charge is 2.28. The van der Waals surface area contributed by atoms with Crippen LogP contribution in [0.1, 0.15) is 22.6 Å². The number of amides is 1. The van der Waals surface area contributed by atoms with Crippen molar-refractivity contribution in [3.05, 3.63) is 94.8 Å². The van der Waals surface area contributed by atoms with Crippen LogP contribution < -0.4 is 5.32 Å². The summed E-state index contributed by atoms with van der Waals surface area (Å²) in [6, 6.07) is 20.2. The van der Waals surface area contributed by atoms with Crippen molar-refractivity contribution >= 4 is 23.8 Å². The van der Waals surface area contributed by atoms with E-state index in [9.17, 15) is 4.79 Å². The number of rotatable bonds is 5. The molecule has 0 aliphatic heterocycles. The number of halogens is 1. The molecular formula is C23H19ClN2O2. The molecule has 3 aromatic rings. The summed E-state index contributed by atoms with van der Waals surface area (Å²) in [5.74, 6) is 0.0582. The Balaban J connectivity index is 1.35. The van der Waals surface area contributed by atoms with E-state index >= 15 is 0 Å². The predicted octanol–water partition coefficient (Wildman–Crippen LogP) is 5.29. The number of hydrogen-bond acceptors (Lipinski definition) is 3. The Morgan fingerprint density at radius 3 is 2.39 bits per heavy atom. The Hall–Kier alpha value is -3.11. The lowest BCUT2D eigenvalue weighted by Gasteiger charge is -2.14. The molecule has 4 rings (SSSR count). The van der Waals surface area contributed by atoms with Gasteiger partial charge in [0.05, 0.1) is 0 Å². The summed E-state index contributed by atoms with van der Waals surface area (Å²) in [5, 5.41) is 3.16. The molecule has 0 saturated heterocycles. The second kappa shape index (κ2) is 8.28. The smallest absolute Gasteiger partial charge is 0.407 e. The van der Waals surface area contributed by atoms with Crippen molar-refractivity contribution < 1.29 is 9.53 Å². The van der Waals surface area contributed by atoms with E-state index < -0.39 is 6.09 Å². The molecule has 0 spiro atoms. The van der Waals surface area contributed by atoms with Crippen LogP contribution in [-0.4, -0.2) is 24.2 Å². The molecule has 0 radical (unpaired) electrons. The van der Waals surface area contributed by atoms with E-state index in [-0.39, 0.29) is 5.92 Å². The van der Waals surface area contributed by atoms with Gasteiger partial charge in [0.2, 0.25) is 0 Å². The molecule has 28 heavy (non-hydrogen) atoms. The molecule has 4 nitrogen and oxygen atoms in total. The Bertz CT molecular complexity index is 987. The van der Waals surface area contributed by atoms with Gasteiger partial charge in [-0.2, -0.15) is 0 Å². The molecule has 0 saturated carbocycles. The highest BCUT2D eigenvalue weighted by Crippen LogP contribution is 2.44. The van der Waals surface area contributed by atoms with Gasteiger partial charge in [0.15, 0.2) is 0 Å². The van der Waals surface area contributed by atoms with Gasteiger partial charge in [0, 0.05) is 24.2 Å². The monoisotopic (exact) mass is 390 g/mol. The summed E-state index contributed by atoms with van der Waals surface area (Å²) in [5.41, 5.74) is 5.62. The molecule has 1 amide bonds. The van der Waals surface area contributed by atoms with Gasteiger partial charge in [-0.15, -0.1) is 0 Å². The zero-order valence-corrected chi connectivity index (χ0v) is 15.9. The first-order valence-corrected chi connectivity index (χ1v) is 9.48. The maximum absolute atomic E-state index is 12.1. The van der Waals surface area contributed by atoms with Crippen LogP contribution in [0.25, 0.3) is 17.2 Å². The molecule has 5 heteroatoms. The van der Waals surface area contributed by atoms with E-state index in [0.29, 0.717) is 18.3 Å². The van der Waals surface area contributed by atoms with E-state index in [4.69, 9.17) is 16.3 Å².